The van der Waals surface area contributed by atoms with Crippen LogP contribution in [-0.2, 0) is 4.79 Å². The van der Waals surface area contributed by atoms with E-state index in [9.17, 15) is 4.79 Å². The van der Waals surface area contributed by atoms with Crippen molar-refractivity contribution in [3.05, 3.63) is 24.3 Å². The molecule has 1 fully saturated rings. The molecule has 1 aromatic rings. The number of para-hydroxylation sites is 2. The van der Waals surface area contributed by atoms with Gasteiger partial charge in [-0.15, -0.1) is 0 Å². The fraction of sp³-hybridized carbons (Fsp3) is 0.300. The largest absolute Gasteiger partial charge is 0.370 e. The van der Waals surface area contributed by atoms with Gasteiger partial charge in [0.25, 0.3) is 0 Å². The second-order valence-electron chi connectivity index (χ2n) is 3.71. The molecule has 13 heavy (non-hydrogen) atoms. The zero-order valence-corrected chi connectivity index (χ0v) is 7.13. The molecule has 1 amide bonds. The summed E-state index contributed by atoms with van der Waals surface area (Å²) in [6, 6.07) is 7.80. The second kappa shape index (κ2) is 2.05. The SMILES string of the molecule is O=C1Nc2ccccc2NC12CC2. The van der Waals surface area contributed by atoms with Gasteiger partial charge in [-0.05, 0) is 25.0 Å². The molecule has 2 N–H and O–H groups in total. The average Bonchev–Trinajstić information content (AvgIpc) is 2.88. The minimum atomic E-state index is -0.269. The average molecular weight is 174 g/mol. The number of nitrogens with one attached hydrogen (secondary N) is 2. The van der Waals surface area contributed by atoms with E-state index in [4.69, 9.17) is 0 Å². The molecule has 0 saturated heterocycles. The number of carbonyl (C=O) groups is 1. The summed E-state index contributed by atoms with van der Waals surface area (Å²) >= 11 is 0. The van der Waals surface area contributed by atoms with E-state index in [-0.39, 0.29) is 11.4 Å². The second-order valence-corrected chi connectivity index (χ2v) is 3.71. The Hall–Kier alpha value is -1.51. The van der Waals surface area contributed by atoms with E-state index in [1.807, 2.05) is 24.3 Å². The van der Waals surface area contributed by atoms with Gasteiger partial charge in [-0.2, -0.15) is 0 Å². The number of hydrogen-bond acceptors (Lipinski definition) is 2. The van der Waals surface area contributed by atoms with Gasteiger partial charge < -0.3 is 10.6 Å². The molecule has 1 aromatic carbocycles. The van der Waals surface area contributed by atoms with Crippen LogP contribution in [0.15, 0.2) is 24.3 Å². The van der Waals surface area contributed by atoms with Gasteiger partial charge in [-0.25, -0.2) is 0 Å². The lowest BCUT2D eigenvalue weighted by atomic mass is 10.1. The van der Waals surface area contributed by atoms with E-state index >= 15 is 0 Å². The molecule has 1 aliphatic carbocycles. The first-order valence-corrected chi connectivity index (χ1v) is 4.49. The maximum Gasteiger partial charge on any atom is 0.250 e. The Balaban J connectivity index is 2.07. The van der Waals surface area contributed by atoms with Crippen molar-refractivity contribution in [2.24, 2.45) is 0 Å². The summed E-state index contributed by atoms with van der Waals surface area (Å²) in [7, 11) is 0. The van der Waals surface area contributed by atoms with Gasteiger partial charge in [0.2, 0.25) is 5.91 Å². The summed E-state index contributed by atoms with van der Waals surface area (Å²) in [5.74, 6) is 0.117. The van der Waals surface area contributed by atoms with Crippen molar-refractivity contribution >= 4 is 17.3 Å². The highest BCUT2D eigenvalue weighted by atomic mass is 16.2. The Kier molecular flexibility index (Phi) is 1.09. The van der Waals surface area contributed by atoms with Crippen LogP contribution in [0.3, 0.4) is 0 Å². The summed E-state index contributed by atoms with van der Waals surface area (Å²) in [5.41, 5.74) is 1.67. The van der Waals surface area contributed by atoms with Crippen molar-refractivity contribution in [2.45, 2.75) is 18.4 Å². The lowest BCUT2D eigenvalue weighted by molar-refractivity contribution is -0.117. The van der Waals surface area contributed by atoms with E-state index in [2.05, 4.69) is 10.6 Å². The predicted molar refractivity (Wildman–Crippen MR) is 50.7 cm³/mol. The molecule has 2 aliphatic rings. The molecule has 3 heteroatoms. The highest BCUT2D eigenvalue weighted by molar-refractivity contribution is 6.07. The zero-order chi connectivity index (χ0) is 8.89. The van der Waals surface area contributed by atoms with Gasteiger partial charge in [0.05, 0.1) is 11.4 Å². The van der Waals surface area contributed by atoms with Crippen LogP contribution < -0.4 is 10.6 Å². The predicted octanol–water partition coefficient (Wildman–Crippen LogP) is 1.58. The van der Waals surface area contributed by atoms with Crippen LogP contribution in [0.5, 0.6) is 0 Å². The van der Waals surface area contributed by atoms with Gasteiger partial charge in [-0.1, -0.05) is 12.1 Å². The quantitative estimate of drug-likeness (QED) is 0.627. The molecule has 3 nitrogen and oxygen atoms in total. The third-order valence-electron chi connectivity index (χ3n) is 2.73. The van der Waals surface area contributed by atoms with Crippen LogP contribution in [0.1, 0.15) is 12.8 Å². The number of fused-ring (bicyclic) bond motifs is 1. The molecule has 1 spiro atoms. The molecule has 0 radical (unpaired) electrons. The fourth-order valence-corrected chi connectivity index (χ4v) is 1.73. The minimum Gasteiger partial charge on any atom is -0.370 e. The van der Waals surface area contributed by atoms with Crippen molar-refractivity contribution in [1.29, 1.82) is 0 Å². The Morgan fingerprint density at radius 3 is 2.54 bits per heavy atom. The molecule has 0 bridgehead atoms. The van der Waals surface area contributed by atoms with Crippen LogP contribution in [0.4, 0.5) is 11.4 Å². The number of amides is 1. The zero-order valence-electron chi connectivity index (χ0n) is 7.13. The van der Waals surface area contributed by atoms with Crippen molar-refractivity contribution in [2.75, 3.05) is 10.6 Å². The van der Waals surface area contributed by atoms with Crippen LogP contribution in [0.25, 0.3) is 0 Å². The first-order valence-electron chi connectivity index (χ1n) is 4.49. The maximum atomic E-state index is 11.6. The van der Waals surface area contributed by atoms with E-state index in [1.165, 1.54) is 0 Å². The molecular formula is C10H10N2O. The Bertz CT molecular complexity index is 382. The highest BCUT2D eigenvalue weighted by Gasteiger charge is 2.52. The van der Waals surface area contributed by atoms with Gasteiger partial charge in [-0.3, -0.25) is 4.79 Å². The summed E-state index contributed by atoms with van der Waals surface area (Å²) in [5, 5.41) is 6.20. The number of anilines is 2. The van der Waals surface area contributed by atoms with Gasteiger partial charge in [0.1, 0.15) is 5.54 Å². The maximum absolute atomic E-state index is 11.6. The third-order valence-corrected chi connectivity index (χ3v) is 2.73. The van der Waals surface area contributed by atoms with Crippen molar-refractivity contribution in [3.63, 3.8) is 0 Å². The fourth-order valence-electron chi connectivity index (χ4n) is 1.73. The lowest BCUT2D eigenvalue weighted by Crippen LogP contribution is -2.40. The van der Waals surface area contributed by atoms with Crippen LogP contribution in [0.2, 0.25) is 0 Å². The number of rotatable bonds is 0. The minimum absolute atomic E-state index is 0.117. The first kappa shape index (κ1) is 6.95. The Morgan fingerprint density at radius 2 is 1.85 bits per heavy atom. The van der Waals surface area contributed by atoms with E-state index in [0.717, 1.165) is 24.2 Å². The molecule has 1 saturated carbocycles. The molecule has 3 rings (SSSR count). The number of benzene rings is 1. The van der Waals surface area contributed by atoms with Gasteiger partial charge >= 0.3 is 0 Å². The van der Waals surface area contributed by atoms with Crippen LogP contribution >= 0.6 is 0 Å². The van der Waals surface area contributed by atoms with Crippen molar-refractivity contribution < 1.29 is 4.79 Å². The van der Waals surface area contributed by atoms with Crippen molar-refractivity contribution in [3.8, 4) is 0 Å². The molecule has 1 aliphatic heterocycles. The molecule has 0 atom stereocenters. The Morgan fingerprint density at radius 1 is 1.15 bits per heavy atom. The highest BCUT2D eigenvalue weighted by Crippen LogP contribution is 2.44. The summed E-state index contributed by atoms with van der Waals surface area (Å²) in [4.78, 5) is 11.6. The smallest absolute Gasteiger partial charge is 0.250 e. The van der Waals surface area contributed by atoms with E-state index in [0.29, 0.717) is 0 Å². The molecule has 66 valence electrons. The standard InChI is InChI=1S/C10H10N2O/c13-9-10(5-6-10)12-8-4-2-1-3-7(8)11-9/h1-4,12H,5-6H2,(H,11,13). The van der Waals surface area contributed by atoms with Gasteiger partial charge in [0, 0.05) is 0 Å². The summed E-state index contributed by atoms with van der Waals surface area (Å²) in [6.07, 6.45) is 1.90. The first-order chi connectivity index (χ1) is 6.30. The summed E-state index contributed by atoms with van der Waals surface area (Å²) < 4.78 is 0. The van der Waals surface area contributed by atoms with Gasteiger partial charge in [0.15, 0.2) is 0 Å². The van der Waals surface area contributed by atoms with Crippen LogP contribution in [0, 0.1) is 0 Å². The monoisotopic (exact) mass is 174 g/mol. The molecule has 1 heterocycles. The van der Waals surface area contributed by atoms with E-state index in [1.54, 1.807) is 0 Å². The lowest BCUT2D eigenvalue weighted by Gasteiger charge is -2.26. The summed E-state index contributed by atoms with van der Waals surface area (Å²) in [6.45, 7) is 0. The normalized spacial score (nSPS) is 21.7. The number of carbonyl (C=O) groups excluding carboxylic acids is 1. The Labute approximate surface area is 76.1 Å². The third kappa shape index (κ3) is 0.869. The topological polar surface area (TPSA) is 41.1 Å². The molecule has 0 unspecified atom stereocenters. The van der Waals surface area contributed by atoms with E-state index < -0.39 is 0 Å². The molecular weight excluding hydrogens is 164 g/mol. The van der Waals surface area contributed by atoms with Crippen molar-refractivity contribution in [1.82, 2.24) is 0 Å². The van der Waals surface area contributed by atoms with Crippen LogP contribution in [-0.4, -0.2) is 11.4 Å². The number of hydrogen-bond donors (Lipinski definition) is 2. The molecule has 0 aromatic heterocycles.